The Balaban J connectivity index is 2.67. The summed E-state index contributed by atoms with van der Waals surface area (Å²) in [6.07, 6.45) is 6.51. The number of quaternary nitrogens is 1. The minimum absolute atomic E-state index is 0.605. The van der Waals surface area contributed by atoms with E-state index in [2.05, 4.69) is 5.10 Å². The highest BCUT2D eigenvalue weighted by molar-refractivity contribution is 6.31. The van der Waals surface area contributed by atoms with Crippen LogP contribution < -0.4 is 0 Å². The Bertz CT molecular complexity index is 236. The average molecular weight is 202 g/mol. The van der Waals surface area contributed by atoms with Crippen LogP contribution in [0, 0.1) is 0 Å². The molecule has 0 unspecified atom stereocenters. The maximum atomic E-state index is 6.09. The van der Waals surface area contributed by atoms with Crippen LogP contribution in [0.25, 0.3) is 0 Å². The Morgan fingerprint density at radius 1 is 1.23 bits per heavy atom. The van der Waals surface area contributed by atoms with Crippen LogP contribution in [0.1, 0.15) is 25.7 Å². The van der Waals surface area contributed by atoms with E-state index in [1.807, 2.05) is 27.4 Å². The minimum Gasteiger partial charge on any atom is -0.205 e. The van der Waals surface area contributed by atoms with Crippen molar-refractivity contribution in [1.29, 1.82) is 0 Å². The summed E-state index contributed by atoms with van der Waals surface area (Å²) in [5, 5.41) is 5.40. The van der Waals surface area contributed by atoms with Gasteiger partial charge in [-0.1, -0.05) is 16.7 Å². The predicted molar refractivity (Wildman–Crippen MR) is 57.9 cm³/mol. The molecule has 1 aliphatic rings. The van der Waals surface area contributed by atoms with Crippen molar-refractivity contribution in [3.05, 3.63) is 10.6 Å². The molecule has 13 heavy (non-hydrogen) atoms. The third-order valence-electron chi connectivity index (χ3n) is 2.00. The van der Waals surface area contributed by atoms with Gasteiger partial charge in [0.2, 0.25) is 0 Å². The third-order valence-corrected chi connectivity index (χ3v) is 2.43. The van der Waals surface area contributed by atoms with Gasteiger partial charge in [0, 0.05) is 5.03 Å². The maximum Gasteiger partial charge on any atom is 0.0923 e. The van der Waals surface area contributed by atoms with E-state index in [9.17, 15) is 0 Å². The van der Waals surface area contributed by atoms with Crippen molar-refractivity contribution < 1.29 is 4.59 Å². The van der Waals surface area contributed by atoms with Gasteiger partial charge in [-0.05, 0) is 31.3 Å². The van der Waals surface area contributed by atoms with Gasteiger partial charge in [0.15, 0.2) is 0 Å². The molecule has 0 saturated carbocycles. The molecule has 0 N–H and O–H groups in total. The molecular weight excluding hydrogens is 184 g/mol. The fourth-order valence-corrected chi connectivity index (χ4v) is 1.55. The predicted octanol–water partition coefficient (Wildman–Crippen LogP) is 2.75. The van der Waals surface area contributed by atoms with Crippen molar-refractivity contribution in [3.8, 4) is 0 Å². The second-order valence-electron chi connectivity index (χ2n) is 4.32. The summed E-state index contributed by atoms with van der Waals surface area (Å²) in [7, 11) is 6.11. The molecular formula is C10H18ClN2+. The molecule has 74 valence electrons. The van der Waals surface area contributed by atoms with Gasteiger partial charge in [0.1, 0.15) is 0 Å². The van der Waals surface area contributed by atoms with E-state index in [1.54, 1.807) is 0 Å². The lowest BCUT2D eigenvalue weighted by molar-refractivity contribution is -0.876. The van der Waals surface area contributed by atoms with Gasteiger partial charge < -0.3 is 0 Å². The summed E-state index contributed by atoms with van der Waals surface area (Å²) < 4.78 is 0.605. The van der Waals surface area contributed by atoms with Gasteiger partial charge in [-0.2, -0.15) is 0 Å². The Morgan fingerprint density at radius 3 is 2.38 bits per heavy atom. The maximum absolute atomic E-state index is 6.09. The molecule has 0 aromatic rings. The number of nitrogens with zero attached hydrogens (tertiary/aromatic N) is 2. The molecule has 0 amide bonds. The van der Waals surface area contributed by atoms with Gasteiger partial charge in [-0.25, -0.2) is 4.59 Å². The average Bonchev–Trinajstić information content (AvgIpc) is 2.01. The first-order chi connectivity index (χ1) is 5.99. The Labute approximate surface area is 85.5 Å². The smallest absolute Gasteiger partial charge is 0.0923 e. The van der Waals surface area contributed by atoms with Gasteiger partial charge in [0.05, 0.1) is 27.4 Å². The van der Waals surface area contributed by atoms with E-state index in [1.165, 1.54) is 18.4 Å². The zero-order valence-corrected chi connectivity index (χ0v) is 9.43. The SMILES string of the molecule is C[N+](C)(C)/N=C/C1=C(Cl)CCCC1. The lowest BCUT2D eigenvalue weighted by atomic mass is 10.0. The highest BCUT2D eigenvalue weighted by Crippen LogP contribution is 2.26. The van der Waals surface area contributed by atoms with Gasteiger partial charge >= 0.3 is 0 Å². The summed E-state index contributed by atoms with van der Waals surface area (Å²) in [4.78, 5) is 0. The van der Waals surface area contributed by atoms with Crippen LogP contribution in [0.2, 0.25) is 0 Å². The molecule has 1 rings (SSSR count). The molecule has 0 radical (unpaired) electrons. The number of hydrogen-bond acceptors (Lipinski definition) is 1. The lowest BCUT2D eigenvalue weighted by Crippen LogP contribution is -2.27. The molecule has 3 heteroatoms. The second-order valence-corrected chi connectivity index (χ2v) is 4.78. The first-order valence-corrected chi connectivity index (χ1v) is 5.11. The molecule has 0 aromatic heterocycles. The quantitative estimate of drug-likeness (QED) is 0.370. The van der Waals surface area contributed by atoms with E-state index in [0.717, 1.165) is 17.9 Å². The molecule has 1 aliphatic carbocycles. The van der Waals surface area contributed by atoms with Crippen LogP contribution in [-0.4, -0.2) is 31.9 Å². The number of halogens is 1. The number of rotatable bonds is 2. The van der Waals surface area contributed by atoms with Gasteiger partial charge in [0.25, 0.3) is 0 Å². The van der Waals surface area contributed by atoms with Crippen LogP contribution in [-0.2, 0) is 0 Å². The number of hydrogen-bond donors (Lipinski definition) is 0. The Morgan fingerprint density at radius 2 is 1.85 bits per heavy atom. The first kappa shape index (κ1) is 10.7. The largest absolute Gasteiger partial charge is 0.205 e. The molecule has 0 saturated heterocycles. The van der Waals surface area contributed by atoms with E-state index in [0.29, 0.717) is 4.59 Å². The number of allylic oxidation sites excluding steroid dienone is 2. The first-order valence-electron chi connectivity index (χ1n) is 4.73. The molecule has 0 aliphatic heterocycles. The highest BCUT2D eigenvalue weighted by Gasteiger charge is 2.10. The second kappa shape index (κ2) is 4.25. The summed E-state index contributed by atoms with van der Waals surface area (Å²) >= 11 is 6.09. The molecule has 0 atom stereocenters. The molecule has 0 spiro atoms. The van der Waals surface area contributed by atoms with E-state index < -0.39 is 0 Å². The molecule has 0 aromatic carbocycles. The van der Waals surface area contributed by atoms with Crippen LogP contribution in [0.4, 0.5) is 0 Å². The van der Waals surface area contributed by atoms with E-state index in [4.69, 9.17) is 11.6 Å². The normalized spacial score (nSPS) is 20.0. The Kier molecular flexibility index (Phi) is 3.51. The van der Waals surface area contributed by atoms with Crippen LogP contribution in [0.15, 0.2) is 15.7 Å². The third kappa shape index (κ3) is 3.92. The summed E-state index contributed by atoms with van der Waals surface area (Å²) in [6, 6.07) is 0. The minimum atomic E-state index is 0.605. The van der Waals surface area contributed by atoms with E-state index >= 15 is 0 Å². The van der Waals surface area contributed by atoms with Crippen molar-refractivity contribution in [2.24, 2.45) is 5.10 Å². The molecule has 0 bridgehead atoms. The van der Waals surface area contributed by atoms with Crippen molar-refractivity contribution in [1.82, 2.24) is 0 Å². The highest BCUT2D eigenvalue weighted by atomic mass is 35.5. The zero-order chi connectivity index (χ0) is 9.90. The standard InChI is InChI=1S/C10H18ClN2/c1-13(2,3)12-8-9-6-4-5-7-10(9)11/h8H,4-7H2,1-3H3/q+1/b12-8+. The van der Waals surface area contributed by atoms with E-state index in [-0.39, 0.29) is 0 Å². The lowest BCUT2D eigenvalue weighted by Gasteiger charge is -2.16. The monoisotopic (exact) mass is 201 g/mol. The van der Waals surface area contributed by atoms with Crippen molar-refractivity contribution >= 4 is 17.8 Å². The van der Waals surface area contributed by atoms with Crippen molar-refractivity contribution in [3.63, 3.8) is 0 Å². The fraction of sp³-hybridized carbons (Fsp3) is 0.700. The van der Waals surface area contributed by atoms with Crippen LogP contribution >= 0.6 is 11.6 Å². The summed E-state index contributed by atoms with van der Waals surface area (Å²) in [6.45, 7) is 0. The summed E-state index contributed by atoms with van der Waals surface area (Å²) in [5.41, 5.74) is 1.22. The molecule has 0 heterocycles. The van der Waals surface area contributed by atoms with Crippen LogP contribution in [0.3, 0.4) is 0 Å². The topological polar surface area (TPSA) is 12.4 Å². The van der Waals surface area contributed by atoms with Crippen molar-refractivity contribution in [2.75, 3.05) is 21.1 Å². The Hall–Kier alpha value is -0.340. The summed E-state index contributed by atoms with van der Waals surface area (Å²) in [5.74, 6) is 0. The van der Waals surface area contributed by atoms with Gasteiger partial charge in [-0.15, -0.1) is 0 Å². The molecule has 0 fully saturated rings. The van der Waals surface area contributed by atoms with Crippen molar-refractivity contribution in [2.45, 2.75) is 25.7 Å². The zero-order valence-electron chi connectivity index (χ0n) is 8.68. The molecule has 2 nitrogen and oxygen atoms in total. The fourth-order valence-electron chi connectivity index (χ4n) is 1.27. The van der Waals surface area contributed by atoms with Crippen LogP contribution in [0.5, 0.6) is 0 Å². The van der Waals surface area contributed by atoms with Gasteiger partial charge in [-0.3, -0.25) is 0 Å².